The number of aliphatic hydroxyl groups is 1. The summed E-state index contributed by atoms with van der Waals surface area (Å²) in [7, 11) is 0. The first-order valence-corrected chi connectivity index (χ1v) is 4.24. The van der Waals surface area contributed by atoms with Crippen molar-refractivity contribution in [2.24, 2.45) is 0 Å². The highest BCUT2D eigenvalue weighted by Gasteiger charge is 2.39. The Kier molecular flexibility index (Phi) is 2.95. The number of carboxylic acid groups (broad SMARTS) is 1. The lowest BCUT2D eigenvalue weighted by Crippen LogP contribution is -2.39. The second-order valence-corrected chi connectivity index (χ2v) is 3.40. The van der Waals surface area contributed by atoms with Crippen molar-refractivity contribution < 1.29 is 24.5 Å². The summed E-state index contributed by atoms with van der Waals surface area (Å²) in [6.45, 7) is 1.07. The molecule has 0 amide bonds. The lowest BCUT2D eigenvalue weighted by atomic mass is 9.91. The summed E-state index contributed by atoms with van der Waals surface area (Å²) >= 11 is 0. The molecule has 0 saturated heterocycles. The van der Waals surface area contributed by atoms with Crippen LogP contribution in [0.1, 0.15) is 12.5 Å². The zero-order valence-corrected chi connectivity index (χ0v) is 8.01. The van der Waals surface area contributed by atoms with Crippen LogP contribution < -0.4 is 0 Å². The van der Waals surface area contributed by atoms with Crippen molar-refractivity contribution in [2.75, 3.05) is 0 Å². The summed E-state index contributed by atoms with van der Waals surface area (Å²) in [4.78, 5) is 10.4. The molecule has 1 aromatic rings. The van der Waals surface area contributed by atoms with E-state index in [2.05, 4.69) is 0 Å². The highest BCUT2D eigenvalue weighted by Crippen LogP contribution is 2.28. The van der Waals surface area contributed by atoms with Crippen LogP contribution in [-0.2, 0) is 10.4 Å². The number of phenolic OH excluding ortho intramolecular Hbond substituents is 1. The van der Waals surface area contributed by atoms with E-state index < -0.39 is 17.7 Å². The van der Waals surface area contributed by atoms with Gasteiger partial charge in [0.2, 0.25) is 6.17 Å². The van der Waals surface area contributed by atoms with Gasteiger partial charge < -0.3 is 15.3 Å². The van der Waals surface area contributed by atoms with E-state index in [4.69, 9.17) is 10.2 Å². The van der Waals surface area contributed by atoms with Gasteiger partial charge in [-0.2, -0.15) is 0 Å². The minimum atomic E-state index is -2.41. The summed E-state index contributed by atoms with van der Waals surface area (Å²) in [5, 5.41) is 27.1. The number of aliphatic carboxylic acids is 1. The predicted octanol–water partition coefficient (Wildman–Crippen LogP) is 1.02. The van der Waals surface area contributed by atoms with E-state index in [1.54, 1.807) is 0 Å². The van der Waals surface area contributed by atoms with E-state index in [0.29, 0.717) is 0 Å². The smallest absolute Gasteiger partial charge is 0.341 e. The van der Waals surface area contributed by atoms with Gasteiger partial charge in [-0.15, -0.1) is 0 Å². The van der Waals surface area contributed by atoms with E-state index in [0.717, 1.165) is 6.92 Å². The van der Waals surface area contributed by atoms with E-state index in [1.165, 1.54) is 24.3 Å². The maximum atomic E-state index is 13.2. The fourth-order valence-corrected chi connectivity index (χ4v) is 1.19. The van der Waals surface area contributed by atoms with Crippen LogP contribution in [0.5, 0.6) is 5.75 Å². The lowest BCUT2D eigenvalue weighted by molar-refractivity contribution is -0.153. The van der Waals surface area contributed by atoms with Crippen LogP contribution in [0, 0.1) is 0 Å². The van der Waals surface area contributed by atoms with Gasteiger partial charge in [-0.05, 0) is 24.6 Å². The third-order valence-electron chi connectivity index (χ3n) is 2.16. The Morgan fingerprint density at radius 2 is 1.87 bits per heavy atom. The average molecular weight is 214 g/mol. The zero-order chi connectivity index (χ0) is 11.6. The molecule has 0 aromatic heterocycles. The van der Waals surface area contributed by atoms with Crippen LogP contribution >= 0.6 is 0 Å². The molecule has 0 heterocycles. The molecule has 5 heteroatoms. The molecule has 0 aliphatic rings. The van der Waals surface area contributed by atoms with Gasteiger partial charge in [0.05, 0.1) is 0 Å². The second-order valence-electron chi connectivity index (χ2n) is 3.40. The molecule has 0 bridgehead atoms. The number of carbonyl (C=O) groups is 1. The molecule has 82 valence electrons. The Bertz CT molecular complexity index is 358. The molecule has 1 rings (SSSR count). The largest absolute Gasteiger partial charge is 0.508 e. The highest BCUT2D eigenvalue weighted by molar-refractivity contribution is 5.74. The van der Waals surface area contributed by atoms with Gasteiger partial charge in [-0.1, -0.05) is 12.1 Å². The SMILES string of the molecule is CC(O)(c1ccc(O)cc1)C(F)C(=O)O. The lowest BCUT2D eigenvalue weighted by Gasteiger charge is -2.24. The number of hydrogen-bond acceptors (Lipinski definition) is 3. The molecular formula is C10H11FO4. The molecule has 0 aliphatic carbocycles. The molecule has 0 fully saturated rings. The number of rotatable bonds is 3. The fraction of sp³-hybridized carbons (Fsp3) is 0.300. The standard InChI is InChI=1S/C10H11FO4/c1-10(15,8(11)9(13)14)6-2-4-7(12)5-3-6/h2-5,8,12,15H,1H3,(H,13,14). The summed E-state index contributed by atoms with van der Waals surface area (Å²) < 4.78 is 13.2. The van der Waals surface area contributed by atoms with E-state index in [1.807, 2.05) is 0 Å². The fourth-order valence-electron chi connectivity index (χ4n) is 1.19. The van der Waals surface area contributed by atoms with Crippen LogP contribution in [0.15, 0.2) is 24.3 Å². The van der Waals surface area contributed by atoms with Crippen LogP contribution in [0.25, 0.3) is 0 Å². The summed E-state index contributed by atoms with van der Waals surface area (Å²) in [6.07, 6.45) is -2.41. The predicted molar refractivity (Wildman–Crippen MR) is 50.2 cm³/mol. The minimum absolute atomic E-state index is 0.0414. The molecule has 4 nitrogen and oxygen atoms in total. The molecule has 15 heavy (non-hydrogen) atoms. The van der Waals surface area contributed by atoms with Gasteiger partial charge in [0.25, 0.3) is 0 Å². The molecule has 3 N–H and O–H groups in total. The molecule has 2 atom stereocenters. The number of benzene rings is 1. The molecule has 0 saturated carbocycles. The Morgan fingerprint density at radius 3 is 2.27 bits per heavy atom. The van der Waals surface area contributed by atoms with Gasteiger partial charge in [0, 0.05) is 0 Å². The topological polar surface area (TPSA) is 77.8 Å². The first-order chi connectivity index (χ1) is 6.85. The summed E-state index contributed by atoms with van der Waals surface area (Å²) in [6, 6.07) is 5.03. The third-order valence-corrected chi connectivity index (χ3v) is 2.16. The van der Waals surface area contributed by atoms with Gasteiger partial charge in [0.15, 0.2) is 0 Å². The normalized spacial score (nSPS) is 16.7. The number of phenols is 1. The highest BCUT2D eigenvalue weighted by atomic mass is 19.1. The number of halogens is 1. The number of hydrogen-bond donors (Lipinski definition) is 3. The average Bonchev–Trinajstić information content (AvgIpc) is 2.17. The van der Waals surface area contributed by atoms with Crippen LogP contribution in [0.2, 0.25) is 0 Å². The zero-order valence-electron chi connectivity index (χ0n) is 8.01. The van der Waals surface area contributed by atoms with E-state index in [-0.39, 0.29) is 11.3 Å². The maximum Gasteiger partial charge on any atom is 0.341 e. The van der Waals surface area contributed by atoms with Crippen LogP contribution in [0.4, 0.5) is 4.39 Å². The minimum Gasteiger partial charge on any atom is -0.508 e. The summed E-state index contributed by atoms with van der Waals surface area (Å²) in [5.41, 5.74) is -2.02. The molecule has 1 aromatic carbocycles. The van der Waals surface area contributed by atoms with E-state index >= 15 is 0 Å². The van der Waals surface area contributed by atoms with Crippen molar-refractivity contribution in [2.45, 2.75) is 18.7 Å². The van der Waals surface area contributed by atoms with E-state index in [9.17, 15) is 14.3 Å². The Hall–Kier alpha value is -1.62. The Morgan fingerprint density at radius 1 is 1.40 bits per heavy atom. The van der Waals surface area contributed by atoms with Gasteiger partial charge in [0.1, 0.15) is 11.4 Å². The number of alkyl halides is 1. The van der Waals surface area contributed by atoms with Crippen molar-refractivity contribution in [1.29, 1.82) is 0 Å². The molecule has 0 spiro atoms. The van der Waals surface area contributed by atoms with Crippen molar-refractivity contribution >= 4 is 5.97 Å². The molecule has 2 unspecified atom stereocenters. The second kappa shape index (κ2) is 3.86. The first kappa shape index (κ1) is 11.5. The molecule has 0 radical (unpaired) electrons. The monoisotopic (exact) mass is 214 g/mol. The van der Waals surface area contributed by atoms with Crippen molar-refractivity contribution in [3.63, 3.8) is 0 Å². The van der Waals surface area contributed by atoms with Gasteiger partial charge in [-0.25, -0.2) is 9.18 Å². The van der Waals surface area contributed by atoms with Crippen molar-refractivity contribution in [1.82, 2.24) is 0 Å². The quantitative estimate of drug-likeness (QED) is 0.702. The van der Waals surface area contributed by atoms with Crippen molar-refractivity contribution in [3.8, 4) is 5.75 Å². The van der Waals surface area contributed by atoms with Gasteiger partial charge in [-0.3, -0.25) is 0 Å². The Labute approximate surface area is 85.6 Å². The number of aromatic hydroxyl groups is 1. The van der Waals surface area contributed by atoms with Crippen LogP contribution in [-0.4, -0.2) is 27.5 Å². The van der Waals surface area contributed by atoms with Crippen molar-refractivity contribution in [3.05, 3.63) is 29.8 Å². The molecule has 0 aliphatic heterocycles. The first-order valence-electron chi connectivity index (χ1n) is 4.24. The third kappa shape index (κ3) is 2.24. The Balaban J connectivity index is 3.05. The van der Waals surface area contributed by atoms with Crippen LogP contribution in [0.3, 0.4) is 0 Å². The van der Waals surface area contributed by atoms with Gasteiger partial charge >= 0.3 is 5.97 Å². The number of carboxylic acids is 1. The maximum absolute atomic E-state index is 13.2. The summed E-state index contributed by atoms with van der Waals surface area (Å²) in [5.74, 6) is -1.77. The molecular weight excluding hydrogens is 203 g/mol.